The smallest absolute Gasteiger partial charge is 0.316 e. The van der Waals surface area contributed by atoms with Crippen molar-refractivity contribution in [2.24, 2.45) is 29.6 Å². The molecule has 0 unspecified atom stereocenters. The van der Waals surface area contributed by atoms with Gasteiger partial charge in [-0.3, -0.25) is 29.3 Å². The van der Waals surface area contributed by atoms with Crippen LogP contribution in [0.5, 0.6) is 5.75 Å². The maximum Gasteiger partial charge on any atom is 0.316 e. The quantitative estimate of drug-likeness (QED) is 0.115. The number of ether oxygens (including phenoxy) is 1. The standard InChI is InChI=1S/C28H25Br2N3O7/c1-12-3-4-15(9-20(12)33(38)39)31-11-14(8-21(31)34)28(37)40-16-5-6-19(13(2)7-16)32-26(35)22-17-10-18(23(22)27(32)36)25(30)24(17)29/h3-7,9,14,17-18,22-25H,8,10-11H2,1-2H3/t14-,17-,18-,22-,23+,24+,25+/m1/s1. The van der Waals surface area contributed by atoms with Gasteiger partial charge in [-0.1, -0.05) is 37.9 Å². The molecule has 0 spiro atoms. The number of fused-ring (bicyclic) bond motifs is 5. The molecule has 2 aliphatic carbocycles. The SMILES string of the molecule is Cc1cc(OC(=O)[C@@H]2CC(=O)N(c3ccc(C)c([N+](=O)[O-])c3)C2)ccc1N1C(=O)[C@@H]2[C@H]3C[C@@H]([C@H](Br)[C@H]3Br)[C@@H]2C1=O. The van der Waals surface area contributed by atoms with E-state index in [0.29, 0.717) is 22.5 Å². The van der Waals surface area contributed by atoms with Crippen LogP contribution in [-0.4, -0.2) is 44.8 Å². The van der Waals surface area contributed by atoms with Crippen LogP contribution in [0.15, 0.2) is 36.4 Å². The van der Waals surface area contributed by atoms with Gasteiger partial charge in [-0.05, 0) is 61.9 Å². The highest BCUT2D eigenvalue weighted by atomic mass is 79.9. The van der Waals surface area contributed by atoms with Crippen molar-refractivity contribution < 1.29 is 28.8 Å². The fourth-order valence-corrected chi connectivity index (χ4v) is 8.68. The molecule has 0 N–H and O–H groups in total. The monoisotopic (exact) mass is 673 g/mol. The highest BCUT2D eigenvalue weighted by molar-refractivity contribution is 9.12. The number of alkyl halides is 2. The molecular formula is C28H25Br2N3O7. The zero-order valence-corrected chi connectivity index (χ0v) is 24.8. The summed E-state index contributed by atoms with van der Waals surface area (Å²) >= 11 is 7.40. The number of anilines is 2. The van der Waals surface area contributed by atoms with Crippen molar-refractivity contribution in [2.45, 2.75) is 36.3 Å². The van der Waals surface area contributed by atoms with Crippen molar-refractivity contribution in [1.29, 1.82) is 0 Å². The number of esters is 1. The molecule has 10 nitrogen and oxygen atoms in total. The van der Waals surface area contributed by atoms with Crippen molar-refractivity contribution in [3.8, 4) is 5.75 Å². The van der Waals surface area contributed by atoms with Gasteiger partial charge in [0.05, 0.1) is 34.1 Å². The summed E-state index contributed by atoms with van der Waals surface area (Å²) in [5.74, 6) is -2.23. The lowest BCUT2D eigenvalue weighted by Gasteiger charge is -2.28. The van der Waals surface area contributed by atoms with Gasteiger partial charge in [0.2, 0.25) is 17.7 Å². The molecule has 3 amide bonds. The van der Waals surface area contributed by atoms with Crippen molar-refractivity contribution in [3.05, 3.63) is 57.6 Å². The Morgan fingerprint density at radius 1 is 0.975 bits per heavy atom. The number of hydrogen-bond donors (Lipinski definition) is 0. The van der Waals surface area contributed by atoms with Crippen molar-refractivity contribution in [1.82, 2.24) is 0 Å². The number of nitrogens with zero attached hydrogens (tertiary/aromatic N) is 3. The number of hydrogen-bond acceptors (Lipinski definition) is 7. The Kier molecular flexibility index (Phi) is 6.60. The van der Waals surface area contributed by atoms with Crippen molar-refractivity contribution in [2.75, 3.05) is 16.3 Å². The molecule has 4 fully saturated rings. The molecule has 2 saturated carbocycles. The van der Waals surface area contributed by atoms with E-state index in [0.717, 1.165) is 6.42 Å². The van der Waals surface area contributed by atoms with E-state index in [-0.39, 0.29) is 75.4 Å². The largest absolute Gasteiger partial charge is 0.426 e. The van der Waals surface area contributed by atoms with E-state index < -0.39 is 16.8 Å². The lowest BCUT2D eigenvalue weighted by molar-refractivity contribution is -0.385. The zero-order valence-electron chi connectivity index (χ0n) is 21.6. The first-order chi connectivity index (χ1) is 19.0. The molecule has 7 atom stereocenters. The van der Waals surface area contributed by atoms with Gasteiger partial charge in [0, 0.05) is 34.2 Å². The molecule has 208 valence electrons. The van der Waals surface area contributed by atoms with Gasteiger partial charge in [-0.15, -0.1) is 0 Å². The minimum Gasteiger partial charge on any atom is -0.426 e. The lowest BCUT2D eigenvalue weighted by atomic mass is 9.81. The number of carbonyl (C=O) groups is 4. The van der Waals surface area contributed by atoms with Crippen LogP contribution in [-0.2, 0) is 19.2 Å². The normalized spacial score (nSPS) is 30.8. The maximum absolute atomic E-state index is 13.4. The van der Waals surface area contributed by atoms with Crippen LogP contribution in [0.3, 0.4) is 0 Å². The predicted molar refractivity (Wildman–Crippen MR) is 152 cm³/mol. The van der Waals surface area contributed by atoms with Gasteiger partial charge >= 0.3 is 5.97 Å². The summed E-state index contributed by atoms with van der Waals surface area (Å²) in [5, 5.41) is 11.3. The van der Waals surface area contributed by atoms with Gasteiger partial charge in [0.1, 0.15) is 5.75 Å². The van der Waals surface area contributed by atoms with Crippen LogP contribution in [0.2, 0.25) is 0 Å². The van der Waals surface area contributed by atoms with E-state index in [1.807, 2.05) is 0 Å². The van der Waals surface area contributed by atoms with E-state index in [9.17, 15) is 29.3 Å². The highest BCUT2D eigenvalue weighted by Crippen LogP contribution is 2.60. The van der Waals surface area contributed by atoms with E-state index in [1.165, 1.54) is 15.9 Å². The van der Waals surface area contributed by atoms with Crippen LogP contribution in [0.25, 0.3) is 0 Å². The Balaban J connectivity index is 1.16. The number of nitro groups is 1. The molecular weight excluding hydrogens is 650 g/mol. The van der Waals surface area contributed by atoms with E-state index in [1.54, 1.807) is 44.2 Å². The molecule has 0 radical (unpaired) electrons. The molecule has 4 aliphatic rings. The van der Waals surface area contributed by atoms with Crippen LogP contribution >= 0.6 is 31.9 Å². The number of imide groups is 1. The number of nitro benzene ring substituents is 1. The molecule has 2 aliphatic heterocycles. The maximum atomic E-state index is 13.4. The minimum absolute atomic E-state index is 0.0416. The summed E-state index contributed by atoms with van der Waals surface area (Å²) in [6.45, 7) is 3.41. The fourth-order valence-electron chi connectivity index (χ4n) is 6.81. The minimum atomic E-state index is -0.751. The molecule has 0 aromatic heterocycles. The summed E-state index contributed by atoms with van der Waals surface area (Å²) in [6, 6.07) is 9.29. The Morgan fingerprint density at radius 3 is 2.23 bits per heavy atom. The summed E-state index contributed by atoms with van der Waals surface area (Å²) in [7, 11) is 0. The van der Waals surface area contributed by atoms with Crippen LogP contribution in [0.1, 0.15) is 24.0 Å². The van der Waals surface area contributed by atoms with Crippen molar-refractivity contribution in [3.63, 3.8) is 0 Å². The first-order valence-corrected chi connectivity index (χ1v) is 14.8. The van der Waals surface area contributed by atoms with Gasteiger partial charge in [0.15, 0.2) is 0 Å². The van der Waals surface area contributed by atoms with Crippen LogP contribution in [0.4, 0.5) is 17.1 Å². The second-order valence-electron chi connectivity index (χ2n) is 11.0. The van der Waals surface area contributed by atoms with Crippen molar-refractivity contribution >= 4 is 72.6 Å². The Morgan fingerprint density at radius 2 is 1.62 bits per heavy atom. The second kappa shape index (κ2) is 9.76. The molecule has 2 aromatic rings. The number of aryl methyl sites for hydroxylation is 2. The Hall–Kier alpha value is -3.12. The lowest BCUT2D eigenvalue weighted by Crippen LogP contribution is -2.37. The fraction of sp³-hybridized carbons (Fsp3) is 0.429. The molecule has 2 heterocycles. The summed E-state index contributed by atoms with van der Waals surface area (Å²) in [5.41, 5.74) is 1.82. The summed E-state index contributed by atoms with van der Waals surface area (Å²) < 4.78 is 5.58. The zero-order chi connectivity index (χ0) is 28.6. The average molecular weight is 675 g/mol. The van der Waals surface area contributed by atoms with Gasteiger partial charge in [-0.2, -0.15) is 0 Å². The van der Waals surface area contributed by atoms with Crippen LogP contribution < -0.4 is 14.5 Å². The first-order valence-electron chi connectivity index (χ1n) is 13.0. The molecule has 12 heteroatoms. The van der Waals surface area contributed by atoms with Gasteiger partial charge in [0.25, 0.3) is 5.69 Å². The van der Waals surface area contributed by atoms with Gasteiger partial charge < -0.3 is 9.64 Å². The van der Waals surface area contributed by atoms with Crippen LogP contribution in [0, 0.1) is 53.6 Å². The third-order valence-electron chi connectivity index (χ3n) is 8.77. The molecule has 2 aromatic carbocycles. The van der Waals surface area contributed by atoms with Gasteiger partial charge in [-0.25, -0.2) is 4.90 Å². The number of benzene rings is 2. The average Bonchev–Trinajstić information content (AvgIpc) is 3.63. The summed E-state index contributed by atoms with van der Waals surface area (Å²) in [4.78, 5) is 66.2. The number of amides is 3. The highest BCUT2D eigenvalue weighted by Gasteiger charge is 2.66. The summed E-state index contributed by atoms with van der Waals surface area (Å²) in [6.07, 6.45) is 0.769. The molecule has 2 bridgehead atoms. The Bertz CT molecular complexity index is 1460. The first kappa shape index (κ1) is 27.1. The third-order valence-corrected chi connectivity index (χ3v) is 12.0. The van der Waals surface area contributed by atoms with E-state index in [4.69, 9.17) is 4.74 Å². The number of halogens is 2. The molecule has 6 rings (SSSR count). The van der Waals surface area contributed by atoms with E-state index >= 15 is 0 Å². The molecule has 2 saturated heterocycles. The Labute approximate surface area is 246 Å². The second-order valence-corrected chi connectivity index (χ2v) is 13.1. The molecule has 40 heavy (non-hydrogen) atoms. The van der Waals surface area contributed by atoms with E-state index in [2.05, 4.69) is 31.9 Å². The third kappa shape index (κ3) is 4.09. The number of rotatable bonds is 5. The number of carbonyl (C=O) groups excluding carboxylic acids is 4. The predicted octanol–water partition coefficient (Wildman–Crippen LogP) is 4.45. The topological polar surface area (TPSA) is 127 Å².